The van der Waals surface area contributed by atoms with Crippen LogP contribution in [0.5, 0.6) is 17.2 Å². The molecule has 0 aliphatic carbocycles. The zero-order valence-electron chi connectivity index (χ0n) is 13.2. The van der Waals surface area contributed by atoms with E-state index < -0.39 is 0 Å². The lowest BCUT2D eigenvalue weighted by Gasteiger charge is -2.24. The van der Waals surface area contributed by atoms with Crippen LogP contribution >= 0.6 is 0 Å². The van der Waals surface area contributed by atoms with Crippen molar-refractivity contribution in [2.75, 3.05) is 19.2 Å². The van der Waals surface area contributed by atoms with Gasteiger partial charge in [-0.1, -0.05) is 0 Å². The quantitative estimate of drug-likeness (QED) is 0.916. The predicted molar refractivity (Wildman–Crippen MR) is 82.2 cm³/mol. The molecular weight excluding hydrogens is 298 g/mol. The van der Waals surface area contributed by atoms with Gasteiger partial charge >= 0.3 is 0 Å². The Bertz CT molecular complexity index is 812. The van der Waals surface area contributed by atoms with E-state index in [9.17, 15) is 4.79 Å². The molecule has 1 atom stereocenters. The van der Waals surface area contributed by atoms with Crippen molar-refractivity contribution in [2.45, 2.75) is 19.3 Å². The lowest BCUT2D eigenvalue weighted by atomic mass is 9.85. The molecule has 23 heavy (non-hydrogen) atoms. The molecule has 120 valence electrons. The molecule has 3 heterocycles. The molecule has 7 nitrogen and oxygen atoms in total. The number of rotatable bonds is 2. The number of nitrogens with zero attached hydrogens (tertiary/aromatic N) is 2. The minimum absolute atomic E-state index is 0.0258. The molecule has 1 N–H and O–H groups in total. The maximum Gasteiger partial charge on any atom is 0.231 e. The highest BCUT2D eigenvalue weighted by atomic mass is 16.7. The number of hydrogen-bond donors (Lipinski definition) is 1. The molecule has 2 aromatic rings. The highest BCUT2D eigenvalue weighted by Gasteiger charge is 2.33. The second kappa shape index (κ2) is 4.91. The summed E-state index contributed by atoms with van der Waals surface area (Å²) in [6.07, 6.45) is 0.363. The van der Waals surface area contributed by atoms with Gasteiger partial charge in [-0.15, -0.1) is 0 Å². The zero-order valence-corrected chi connectivity index (χ0v) is 13.2. The van der Waals surface area contributed by atoms with Crippen LogP contribution in [0.25, 0.3) is 0 Å². The number of carbonyl (C=O) groups excluding carboxylic acids is 1. The minimum Gasteiger partial charge on any atom is -0.493 e. The van der Waals surface area contributed by atoms with Crippen LogP contribution in [0, 0.1) is 6.92 Å². The summed E-state index contributed by atoms with van der Waals surface area (Å²) < 4.78 is 18.1. The van der Waals surface area contributed by atoms with Crippen molar-refractivity contribution in [3.8, 4) is 17.2 Å². The lowest BCUT2D eigenvalue weighted by molar-refractivity contribution is -0.116. The molecule has 1 amide bonds. The fraction of sp³-hybridized carbons (Fsp3) is 0.375. The van der Waals surface area contributed by atoms with E-state index in [2.05, 4.69) is 10.4 Å². The van der Waals surface area contributed by atoms with Crippen LogP contribution in [-0.2, 0) is 11.8 Å². The molecule has 4 rings (SSSR count). The maximum absolute atomic E-state index is 12.1. The summed E-state index contributed by atoms with van der Waals surface area (Å²) in [4.78, 5) is 12.1. The van der Waals surface area contributed by atoms with Crippen LogP contribution in [0.2, 0.25) is 0 Å². The van der Waals surface area contributed by atoms with Crippen LogP contribution < -0.4 is 19.5 Å². The topological polar surface area (TPSA) is 74.6 Å². The van der Waals surface area contributed by atoms with Gasteiger partial charge in [0.25, 0.3) is 0 Å². The number of carbonyl (C=O) groups is 1. The summed E-state index contributed by atoms with van der Waals surface area (Å²) in [7, 11) is 3.42. The van der Waals surface area contributed by atoms with Gasteiger partial charge in [0.1, 0.15) is 5.82 Å². The second-order valence-corrected chi connectivity index (χ2v) is 5.73. The van der Waals surface area contributed by atoms with Crippen molar-refractivity contribution in [1.82, 2.24) is 9.78 Å². The number of nitrogens with one attached hydrogen (secondary N) is 1. The average molecular weight is 315 g/mol. The molecule has 0 bridgehead atoms. The Labute approximate surface area is 133 Å². The van der Waals surface area contributed by atoms with Gasteiger partial charge in [0, 0.05) is 24.9 Å². The highest BCUT2D eigenvalue weighted by molar-refractivity contribution is 5.94. The summed E-state index contributed by atoms with van der Waals surface area (Å²) in [6, 6.07) is 3.83. The van der Waals surface area contributed by atoms with Gasteiger partial charge in [-0.25, -0.2) is 0 Å². The SMILES string of the molecule is COc1cc([C@@H]2CC(=O)Nc3c2c(C)nn3C)cc2c1OCO2. The fourth-order valence-corrected chi connectivity index (χ4v) is 3.35. The van der Waals surface area contributed by atoms with Gasteiger partial charge < -0.3 is 19.5 Å². The molecule has 0 unspecified atom stereocenters. The van der Waals surface area contributed by atoms with Gasteiger partial charge in [0.15, 0.2) is 11.5 Å². The minimum atomic E-state index is -0.0872. The van der Waals surface area contributed by atoms with Crippen LogP contribution in [0.3, 0.4) is 0 Å². The number of hydrogen-bond acceptors (Lipinski definition) is 5. The molecule has 1 aromatic heterocycles. The van der Waals surface area contributed by atoms with Crippen molar-refractivity contribution >= 4 is 11.7 Å². The summed E-state index contributed by atoms with van der Waals surface area (Å²) in [5, 5.41) is 7.34. The standard InChI is InChI=1S/C16H17N3O4/c1-8-14-10(6-13(20)17-16(14)19(2)18-8)9-4-11(21-3)15-12(5-9)22-7-23-15/h4-5,10H,6-7H2,1-3H3,(H,17,20)/t10-/m0/s1. The molecule has 0 radical (unpaired) electrons. The van der Waals surface area contributed by atoms with E-state index >= 15 is 0 Å². The number of aryl methyl sites for hydroxylation is 2. The van der Waals surface area contributed by atoms with Gasteiger partial charge in [0.2, 0.25) is 18.4 Å². The molecule has 0 spiro atoms. The number of amides is 1. The molecular formula is C16H17N3O4. The molecule has 7 heteroatoms. The van der Waals surface area contributed by atoms with E-state index in [-0.39, 0.29) is 18.6 Å². The van der Waals surface area contributed by atoms with Gasteiger partial charge in [-0.3, -0.25) is 9.48 Å². The summed E-state index contributed by atoms with van der Waals surface area (Å²) in [6.45, 7) is 2.13. The number of aromatic nitrogens is 2. The molecule has 2 aliphatic heterocycles. The second-order valence-electron chi connectivity index (χ2n) is 5.73. The maximum atomic E-state index is 12.1. The van der Waals surface area contributed by atoms with Crippen molar-refractivity contribution in [1.29, 1.82) is 0 Å². The van der Waals surface area contributed by atoms with Gasteiger partial charge in [-0.2, -0.15) is 5.10 Å². The van der Waals surface area contributed by atoms with E-state index in [1.807, 2.05) is 26.1 Å². The fourth-order valence-electron chi connectivity index (χ4n) is 3.35. The first kappa shape index (κ1) is 13.9. The molecule has 1 aromatic carbocycles. The van der Waals surface area contributed by atoms with Crippen molar-refractivity contribution in [3.63, 3.8) is 0 Å². The molecule has 0 saturated carbocycles. The van der Waals surface area contributed by atoms with Crippen molar-refractivity contribution < 1.29 is 19.0 Å². The molecule has 0 saturated heterocycles. The predicted octanol–water partition coefficient (Wildman–Crippen LogP) is 1.94. The Morgan fingerprint density at radius 2 is 2.22 bits per heavy atom. The third-order valence-electron chi connectivity index (χ3n) is 4.35. The summed E-state index contributed by atoms with van der Waals surface area (Å²) in [5.74, 6) is 2.51. The van der Waals surface area contributed by atoms with Crippen molar-refractivity contribution in [3.05, 3.63) is 29.0 Å². The third-order valence-corrected chi connectivity index (χ3v) is 4.35. The number of methoxy groups -OCH3 is 1. The number of fused-ring (bicyclic) bond motifs is 2. The number of benzene rings is 1. The van der Waals surface area contributed by atoms with Crippen LogP contribution in [0.1, 0.15) is 29.2 Å². The van der Waals surface area contributed by atoms with E-state index in [1.54, 1.807) is 11.8 Å². The first-order chi connectivity index (χ1) is 11.1. The van der Waals surface area contributed by atoms with E-state index in [0.29, 0.717) is 23.7 Å². The molecule has 2 aliphatic rings. The van der Waals surface area contributed by atoms with Crippen LogP contribution in [-0.4, -0.2) is 29.6 Å². The largest absolute Gasteiger partial charge is 0.493 e. The number of anilines is 1. The van der Waals surface area contributed by atoms with E-state index in [4.69, 9.17) is 14.2 Å². The van der Waals surface area contributed by atoms with Crippen molar-refractivity contribution in [2.24, 2.45) is 7.05 Å². The summed E-state index contributed by atoms with van der Waals surface area (Å²) >= 11 is 0. The van der Waals surface area contributed by atoms with E-state index in [0.717, 1.165) is 22.6 Å². The number of ether oxygens (including phenoxy) is 3. The van der Waals surface area contributed by atoms with Crippen LogP contribution in [0.15, 0.2) is 12.1 Å². The smallest absolute Gasteiger partial charge is 0.231 e. The Kier molecular flexibility index (Phi) is 2.97. The first-order valence-electron chi connectivity index (χ1n) is 7.39. The Morgan fingerprint density at radius 1 is 1.39 bits per heavy atom. The normalized spacial score (nSPS) is 18.6. The monoisotopic (exact) mass is 315 g/mol. The Morgan fingerprint density at radius 3 is 3.00 bits per heavy atom. The lowest BCUT2D eigenvalue weighted by Crippen LogP contribution is -2.24. The zero-order chi connectivity index (χ0) is 16.1. The van der Waals surface area contributed by atoms with Crippen LogP contribution in [0.4, 0.5) is 5.82 Å². The Balaban J connectivity index is 1.87. The van der Waals surface area contributed by atoms with Gasteiger partial charge in [0.05, 0.1) is 12.8 Å². The third kappa shape index (κ3) is 2.03. The van der Waals surface area contributed by atoms with Gasteiger partial charge in [-0.05, 0) is 24.6 Å². The average Bonchev–Trinajstić information content (AvgIpc) is 3.10. The first-order valence-corrected chi connectivity index (χ1v) is 7.39. The highest BCUT2D eigenvalue weighted by Crippen LogP contribution is 2.47. The van der Waals surface area contributed by atoms with E-state index in [1.165, 1.54) is 0 Å². The summed E-state index contributed by atoms with van der Waals surface area (Å²) in [5.41, 5.74) is 2.90. The Hall–Kier alpha value is -2.70. The molecule has 0 fully saturated rings.